The molecule has 2 nitrogen and oxygen atoms in total. The van der Waals surface area contributed by atoms with Crippen molar-refractivity contribution in [2.75, 3.05) is 13.1 Å². The Morgan fingerprint density at radius 3 is 2.54 bits per heavy atom. The van der Waals surface area contributed by atoms with Crippen LogP contribution in [0, 0.1) is 17.2 Å². The van der Waals surface area contributed by atoms with E-state index in [9.17, 15) is 0 Å². The lowest BCUT2D eigenvalue weighted by Gasteiger charge is -2.35. The molecule has 1 rings (SSSR count). The van der Waals surface area contributed by atoms with Gasteiger partial charge in [0.1, 0.15) is 0 Å². The highest BCUT2D eigenvalue weighted by atomic mass is 15.2. The highest BCUT2D eigenvalue weighted by molar-refractivity contribution is 4.84. The molecule has 0 aliphatic carbocycles. The van der Waals surface area contributed by atoms with Gasteiger partial charge in [-0.1, -0.05) is 13.8 Å². The Morgan fingerprint density at radius 1 is 1.46 bits per heavy atom. The van der Waals surface area contributed by atoms with Crippen molar-refractivity contribution >= 4 is 0 Å². The smallest absolute Gasteiger partial charge is 0.0638 e. The van der Waals surface area contributed by atoms with Gasteiger partial charge >= 0.3 is 0 Å². The van der Waals surface area contributed by atoms with Gasteiger partial charge in [0.2, 0.25) is 0 Å². The molecule has 1 atom stereocenters. The molecule has 74 valence electrons. The third kappa shape index (κ3) is 3.00. The molecule has 0 amide bonds. The lowest BCUT2D eigenvalue weighted by molar-refractivity contribution is 0.136. The second kappa shape index (κ2) is 5.24. The Labute approximate surface area is 81.5 Å². The normalized spacial score (nSPS) is 22.5. The average Bonchev–Trinajstić information content (AvgIpc) is 2.16. The second-order valence-corrected chi connectivity index (χ2v) is 4.14. The zero-order valence-electron chi connectivity index (χ0n) is 8.79. The van der Waals surface area contributed by atoms with E-state index < -0.39 is 0 Å². The summed E-state index contributed by atoms with van der Waals surface area (Å²) in [5.41, 5.74) is 0. The molecule has 1 heterocycles. The summed E-state index contributed by atoms with van der Waals surface area (Å²) < 4.78 is 0. The van der Waals surface area contributed by atoms with Crippen LogP contribution in [0.2, 0.25) is 0 Å². The first kappa shape index (κ1) is 10.5. The molecule has 1 aliphatic heterocycles. The third-order valence-corrected chi connectivity index (χ3v) is 3.13. The zero-order valence-corrected chi connectivity index (χ0v) is 8.79. The molecule has 0 aromatic heterocycles. The summed E-state index contributed by atoms with van der Waals surface area (Å²) in [5.74, 6) is 0.885. The molecule has 0 aromatic carbocycles. The quantitative estimate of drug-likeness (QED) is 0.667. The molecule has 1 unspecified atom stereocenters. The Bertz CT molecular complexity index is 175. The highest BCUT2D eigenvalue weighted by Crippen LogP contribution is 2.20. The molecule has 0 bridgehead atoms. The van der Waals surface area contributed by atoms with Crippen molar-refractivity contribution in [3.05, 3.63) is 0 Å². The van der Waals surface area contributed by atoms with Gasteiger partial charge in [-0.15, -0.1) is 0 Å². The predicted octanol–water partition coefficient (Wildman–Crippen LogP) is 2.41. The van der Waals surface area contributed by atoms with Crippen LogP contribution in [-0.2, 0) is 0 Å². The van der Waals surface area contributed by atoms with Crippen molar-refractivity contribution in [1.29, 1.82) is 5.26 Å². The summed E-state index contributed by atoms with van der Waals surface area (Å²) in [6, 6.07) is 2.80. The van der Waals surface area contributed by atoms with Crippen LogP contribution < -0.4 is 0 Å². The lowest BCUT2D eigenvalue weighted by Crippen LogP contribution is -2.40. The minimum absolute atomic E-state index is 0.512. The van der Waals surface area contributed by atoms with E-state index in [1.54, 1.807) is 0 Å². The van der Waals surface area contributed by atoms with Gasteiger partial charge in [-0.05, 0) is 38.3 Å². The fourth-order valence-electron chi connectivity index (χ4n) is 2.03. The molecule has 0 radical (unpaired) electrons. The number of nitrogens with zero attached hydrogens (tertiary/aromatic N) is 2. The largest absolute Gasteiger partial charge is 0.299 e. The molecule has 1 saturated heterocycles. The van der Waals surface area contributed by atoms with Gasteiger partial charge in [-0.25, -0.2) is 0 Å². The summed E-state index contributed by atoms with van der Waals surface area (Å²) in [5, 5.41) is 8.67. The van der Waals surface area contributed by atoms with Crippen molar-refractivity contribution in [2.45, 2.75) is 45.6 Å². The van der Waals surface area contributed by atoms with Crippen LogP contribution in [0.15, 0.2) is 0 Å². The minimum atomic E-state index is 0.512. The summed E-state index contributed by atoms with van der Waals surface area (Å²) >= 11 is 0. The number of hydrogen-bond donors (Lipinski definition) is 0. The van der Waals surface area contributed by atoms with Crippen LogP contribution in [0.3, 0.4) is 0 Å². The number of rotatable bonds is 3. The molecule has 2 heteroatoms. The summed E-state index contributed by atoms with van der Waals surface area (Å²) in [7, 11) is 0. The Balaban J connectivity index is 2.37. The van der Waals surface area contributed by atoms with E-state index in [0.717, 1.165) is 12.3 Å². The highest BCUT2D eigenvalue weighted by Gasteiger charge is 2.21. The van der Waals surface area contributed by atoms with Crippen LogP contribution in [0.4, 0.5) is 0 Å². The van der Waals surface area contributed by atoms with Crippen LogP contribution in [0.5, 0.6) is 0 Å². The first-order valence-corrected chi connectivity index (χ1v) is 5.39. The van der Waals surface area contributed by atoms with Gasteiger partial charge in [0.05, 0.1) is 12.5 Å². The van der Waals surface area contributed by atoms with Gasteiger partial charge in [0.25, 0.3) is 0 Å². The maximum Gasteiger partial charge on any atom is 0.0638 e. The molecule has 13 heavy (non-hydrogen) atoms. The molecule has 0 saturated carbocycles. The van der Waals surface area contributed by atoms with Gasteiger partial charge < -0.3 is 0 Å². The maximum atomic E-state index is 8.67. The fraction of sp³-hybridized carbons (Fsp3) is 0.909. The van der Waals surface area contributed by atoms with Crippen molar-refractivity contribution in [3.8, 4) is 6.07 Å². The Hall–Kier alpha value is -0.550. The standard InChI is InChI=1S/C11H20N2/c1-3-11(4-7-12)13-8-5-10(2)6-9-13/h10-11H,3-6,8-9H2,1-2H3. The number of likely N-dealkylation sites (tertiary alicyclic amines) is 1. The van der Waals surface area contributed by atoms with E-state index in [-0.39, 0.29) is 0 Å². The molecule has 0 N–H and O–H groups in total. The summed E-state index contributed by atoms with van der Waals surface area (Å²) in [4.78, 5) is 2.49. The van der Waals surface area contributed by atoms with E-state index in [4.69, 9.17) is 5.26 Å². The number of hydrogen-bond acceptors (Lipinski definition) is 2. The fourth-order valence-corrected chi connectivity index (χ4v) is 2.03. The van der Waals surface area contributed by atoms with E-state index in [1.165, 1.54) is 25.9 Å². The molecular weight excluding hydrogens is 160 g/mol. The lowest BCUT2D eigenvalue weighted by atomic mass is 9.97. The molecule has 0 aromatic rings. The number of piperidine rings is 1. The van der Waals surface area contributed by atoms with Gasteiger partial charge in [0.15, 0.2) is 0 Å². The second-order valence-electron chi connectivity index (χ2n) is 4.14. The van der Waals surface area contributed by atoms with Gasteiger partial charge in [-0.3, -0.25) is 4.90 Å². The Kier molecular flexibility index (Phi) is 4.24. The van der Waals surface area contributed by atoms with Crippen LogP contribution >= 0.6 is 0 Å². The molecule has 1 fully saturated rings. The third-order valence-electron chi connectivity index (χ3n) is 3.13. The Morgan fingerprint density at radius 2 is 2.08 bits per heavy atom. The van der Waals surface area contributed by atoms with Crippen LogP contribution in [0.25, 0.3) is 0 Å². The van der Waals surface area contributed by atoms with E-state index >= 15 is 0 Å². The van der Waals surface area contributed by atoms with Crippen molar-refractivity contribution in [1.82, 2.24) is 4.90 Å². The minimum Gasteiger partial charge on any atom is -0.299 e. The summed E-state index contributed by atoms with van der Waals surface area (Å²) in [6.45, 7) is 6.89. The SMILES string of the molecule is CCC(CC#N)N1CCC(C)CC1. The number of nitriles is 1. The monoisotopic (exact) mass is 180 g/mol. The van der Waals surface area contributed by atoms with E-state index in [1.807, 2.05) is 0 Å². The van der Waals surface area contributed by atoms with Crippen molar-refractivity contribution in [2.24, 2.45) is 5.92 Å². The molecular formula is C11H20N2. The average molecular weight is 180 g/mol. The van der Waals surface area contributed by atoms with E-state index in [0.29, 0.717) is 12.5 Å². The molecule has 1 aliphatic rings. The van der Waals surface area contributed by atoms with Crippen LogP contribution in [0.1, 0.15) is 39.5 Å². The zero-order chi connectivity index (χ0) is 9.68. The van der Waals surface area contributed by atoms with E-state index in [2.05, 4.69) is 24.8 Å². The van der Waals surface area contributed by atoms with Crippen LogP contribution in [-0.4, -0.2) is 24.0 Å². The first-order valence-electron chi connectivity index (χ1n) is 5.39. The maximum absolute atomic E-state index is 8.67. The van der Waals surface area contributed by atoms with Gasteiger partial charge in [0, 0.05) is 6.04 Å². The first-order chi connectivity index (χ1) is 6.27. The molecule has 0 spiro atoms. The van der Waals surface area contributed by atoms with Crippen molar-refractivity contribution < 1.29 is 0 Å². The van der Waals surface area contributed by atoms with Crippen molar-refractivity contribution in [3.63, 3.8) is 0 Å². The topological polar surface area (TPSA) is 27.0 Å². The predicted molar refractivity (Wildman–Crippen MR) is 54.3 cm³/mol. The summed E-state index contributed by atoms with van der Waals surface area (Å²) in [6.07, 6.45) is 4.43. The van der Waals surface area contributed by atoms with Gasteiger partial charge in [-0.2, -0.15) is 5.26 Å².